The van der Waals surface area contributed by atoms with Crippen LogP contribution in [0.4, 0.5) is 0 Å². The van der Waals surface area contributed by atoms with Gasteiger partial charge in [-0.3, -0.25) is 0 Å². The normalized spacial score (nSPS) is 10.9. The summed E-state index contributed by atoms with van der Waals surface area (Å²) in [5, 5.41) is 0. The van der Waals surface area contributed by atoms with Crippen molar-refractivity contribution >= 4 is 11.9 Å². The maximum absolute atomic E-state index is 10.7. The molecule has 1 unspecified atom stereocenters. The number of hydrogen-bond acceptors (Lipinski definition) is 4. The summed E-state index contributed by atoms with van der Waals surface area (Å²) in [4.78, 5) is 21.4. The van der Waals surface area contributed by atoms with Crippen molar-refractivity contribution in [3.8, 4) is 0 Å². The molecule has 14 heavy (non-hydrogen) atoms. The van der Waals surface area contributed by atoms with E-state index in [1.165, 1.54) is 6.08 Å². The summed E-state index contributed by atoms with van der Waals surface area (Å²) in [6.07, 6.45) is 2.74. The summed E-state index contributed by atoms with van der Waals surface area (Å²) in [7, 11) is 0. The van der Waals surface area contributed by atoms with Crippen LogP contribution in [0.3, 0.4) is 0 Å². The molecule has 0 aliphatic heterocycles. The van der Waals surface area contributed by atoms with Gasteiger partial charge in [0.25, 0.3) is 0 Å². The monoisotopic (exact) mass is 196 g/mol. The number of hydrogen-bond donors (Lipinski definition) is 0. The lowest BCUT2D eigenvalue weighted by Gasteiger charge is -2.11. The van der Waals surface area contributed by atoms with Crippen molar-refractivity contribution in [2.75, 3.05) is 6.61 Å². The SMILES string of the molecule is C=CC(=O)OCC(C=C)OC(=O)C=C. The Morgan fingerprint density at radius 1 is 1.14 bits per heavy atom. The minimum atomic E-state index is -0.663. The second-order valence-corrected chi connectivity index (χ2v) is 2.25. The van der Waals surface area contributed by atoms with Gasteiger partial charge < -0.3 is 9.47 Å². The van der Waals surface area contributed by atoms with Gasteiger partial charge in [-0.1, -0.05) is 19.7 Å². The quantitative estimate of drug-likeness (QED) is 0.361. The van der Waals surface area contributed by atoms with E-state index in [4.69, 9.17) is 4.74 Å². The van der Waals surface area contributed by atoms with E-state index < -0.39 is 18.0 Å². The lowest BCUT2D eigenvalue weighted by atomic mass is 10.4. The fourth-order valence-electron chi connectivity index (χ4n) is 0.571. The molecule has 0 N–H and O–H groups in total. The van der Waals surface area contributed by atoms with Crippen LogP contribution in [0.25, 0.3) is 0 Å². The summed E-state index contributed by atoms with van der Waals surface area (Å²) in [5.41, 5.74) is 0. The van der Waals surface area contributed by atoms with Crippen LogP contribution in [0.15, 0.2) is 38.0 Å². The third kappa shape index (κ3) is 4.92. The maximum atomic E-state index is 10.7. The van der Waals surface area contributed by atoms with E-state index in [9.17, 15) is 9.59 Å². The molecule has 0 aliphatic rings. The Morgan fingerprint density at radius 3 is 2.14 bits per heavy atom. The van der Waals surface area contributed by atoms with Crippen molar-refractivity contribution in [1.82, 2.24) is 0 Å². The molecule has 4 nitrogen and oxygen atoms in total. The molecule has 0 aromatic heterocycles. The Kier molecular flexibility index (Phi) is 5.78. The zero-order chi connectivity index (χ0) is 11.0. The number of rotatable bonds is 6. The first-order valence-electron chi connectivity index (χ1n) is 3.88. The highest BCUT2D eigenvalue weighted by molar-refractivity contribution is 5.82. The summed E-state index contributed by atoms with van der Waals surface area (Å²) >= 11 is 0. The molecule has 0 radical (unpaired) electrons. The predicted molar refractivity (Wildman–Crippen MR) is 51.4 cm³/mol. The van der Waals surface area contributed by atoms with Crippen molar-refractivity contribution in [3.63, 3.8) is 0 Å². The van der Waals surface area contributed by atoms with Gasteiger partial charge in [0.15, 0.2) is 6.10 Å². The standard InChI is InChI=1S/C10H12O4/c1-4-8(14-10(12)6-3)7-13-9(11)5-2/h4-6,8H,1-3,7H2. The molecule has 0 spiro atoms. The van der Waals surface area contributed by atoms with Gasteiger partial charge in [0.1, 0.15) is 6.61 Å². The first kappa shape index (κ1) is 12.2. The molecule has 76 valence electrons. The van der Waals surface area contributed by atoms with Gasteiger partial charge in [-0.2, -0.15) is 0 Å². The molecule has 0 saturated carbocycles. The van der Waals surface area contributed by atoms with Crippen molar-refractivity contribution in [2.45, 2.75) is 6.10 Å². The second kappa shape index (κ2) is 6.65. The van der Waals surface area contributed by atoms with E-state index in [0.717, 1.165) is 12.2 Å². The van der Waals surface area contributed by atoms with Gasteiger partial charge in [0, 0.05) is 12.2 Å². The number of ether oxygens (including phenoxy) is 2. The number of carbonyl (C=O) groups is 2. The highest BCUT2D eigenvalue weighted by Gasteiger charge is 2.10. The van der Waals surface area contributed by atoms with Gasteiger partial charge in [-0.15, -0.1) is 0 Å². The second-order valence-electron chi connectivity index (χ2n) is 2.25. The molecular weight excluding hydrogens is 184 g/mol. The predicted octanol–water partition coefficient (Wildman–Crippen LogP) is 0.999. The molecule has 0 aromatic carbocycles. The minimum Gasteiger partial charge on any atom is -0.458 e. The van der Waals surface area contributed by atoms with Crippen LogP contribution >= 0.6 is 0 Å². The van der Waals surface area contributed by atoms with Gasteiger partial charge in [0.2, 0.25) is 0 Å². The number of carbonyl (C=O) groups excluding carboxylic acids is 2. The van der Waals surface area contributed by atoms with Crippen LogP contribution in [-0.4, -0.2) is 24.6 Å². The van der Waals surface area contributed by atoms with Gasteiger partial charge >= 0.3 is 11.9 Å². The van der Waals surface area contributed by atoms with Crippen LogP contribution < -0.4 is 0 Å². The molecule has 0 rings (SSSR count). The molecule has 0 amide bonds. The Balaban J connectivity index is 3.96. The first-order chi connectivity index (χ1) is 6.63. The third-order valence-electron chi connectivity index (χ3n) is 1.25. The summed E-state index contributed by atoms with van der Waals surface area (Å²) in [6.45, 7) is 9.79. The van der Waals surface area contributed by atoms with Crippen molar-refractivity contribution < 1.29 is 19.1 Å². The Morgan fingerprint density at radius 2 is 1.71 bits per heavy atom. The molecule has 0 aliphatic carbocycles. The van der Waals surface area contributed by atoms with Crippen LogP contribution in [-0.2, 0) is 19.1 Å². The minimum absolute atomic E-state index is 0.0755. The Labute approximate surface area is 82.5 Å². The van der Waals surface area contributed by atoms with Crippen LogP contribution in [0.1, 0.15) is 0 Å². The molecule has 0 aromatic rings. The molecule has 0 fully saturated rings. The average molecular weight is 196 g/mol. The van der Waals surface area contributed by atoms with E-state index >= 15 is 0 Å². The largest absolute Gasteiger partial charge is 0.458 e. The molecular formula is C10H12O4. The molecule has 0 heterocycles. The maximum Gasteiger partial charge on any atom is 0.330 e. The van der Waals surface area contributed by atoms with Gasteiger partial charge in [-0.25, -0.2) is 9.59 Å². The third-order valence-corrected chi connectivity index (χ3v) is 1.25. The summed E-state index contributed by atoms with van der Waals surface area (Å²) in [5.74, 6) is -1.17. The van der Waals surface area contributed by atoms with E-state index in [0.29, 0.717) is 0 Å². The van der Waals surface area contributed by atoms with Gasteiger partial charge in [-0.05, 0) is 6.08 Å². The van der Waals surface area contributed by atoms with E-state index in [1.54, 1.807) is 0 Å². The number of esters is 2. The Hall–Kier alpha value is -1.84. The van der Waals surface area contributed by atoms with E-state index in [1.807, 2.05) is 0 Å². The lowest BCUT2D eigenvalue weighted by molar-refractivity contribution is -0.149. The van der Waals surface area contributed by atoms with E-state index in [2.05, 4.69) is 24.5 Å². The average Bonchev–Trinajstić information content (AvgIpc) is 2.22. The van der Waals surface area contributed by atoms with Crippen molar-refractivity contribution in [3.05, 3.63) is 38.0 Å². The first-order valence-corrected chi connectivity index (χ1v) is 3.88. The fourth-order valence-corrected chi connectivity index (χ4v) is 0.571. The van der Waals surface area contributed by atoms with Crippen molar-refractivity contribution in [2.24, 2.45) is 0 Å². The highest BCUT2D eigenvalue weighted by atomic mass is 16.6. The molecule has 0 bridgehead atoms. The van der Waals surface area contributed by atoms with Gasteiger partial charge in [0.05, 0.1) is 0 Å². The summed E-state index contributed by atoms with van der Waals surface area (Å²) < 4.78 is 9.41. The topological polar surface area (TPSA) is 52.6 Å². The highest BCUT2D eigenvalue weighted by Crippen LogP contribution is 1.96. The zero-order valence-electron chi connectivity index (χ0n) is 7.77. The lowest BCUT2D eigenvalue weighted by Crippen LogP contribution is -2.21. The van der Waals surface area contributed by atoms with Crippen LogP contribution in [0.2, 0.25) is 0 Å². The van der Waals surface area contributed by atoms with Crippen molar-refractivity contribution in [1.29, 1.82) is 0 Å². The van der Waals surface area contributed by atoms with Crippen LogP contribution in [0, 0.1) is 0 Å². The molecule has 4 heteroatoms. The fraction of sp³-hybridized carbons (Fsp3) is 0.200. The zero-order valence-corrected chi connectivity index (χ0v) is 7.77. The molecule has 0 saturated heterocycles. The summed E-state index contributed by atoms with van der Waals surface area (Å²) in [6, 6.07) is 0. The molecule has 1 atom stereocenters. The smallest absolute Gasteiger partial charge is 0.330 e. The van der Waals surface area contributed by atoms with E-state index in [-0.39, 0.29) is 6.61 Å². The Bertz CT molecular complexity index is 255. The van der Waals surface area contributed by atoms with Crippen LogP contribution in [0.5, 0.6) is 0 Å².